The minimum atomic E-state index is 0.580. The summed E-state index contributed by atoms with van der Waals surface area (Å²) in [6, 6.07) is 8.18. The highest BCUT2D eigenvalue weighted by molar-refractivity contribution is 7.98. The van der Waals surface area contributed by atoms with Gasteiger partial charge in [0.05, 0.1) is 11.4 Å². The molecular formula is C15H17N5OS. The van der Waals surface area contributed by atoms with Crippen LogP contribution in [0.25, 0.3) is 5.69 Å². The van der Waals surface area contributed by atoms with Crippen molar-refractivity contribution in [1.82, 2.24) is 25.0 Å². The topological polar surface area (TPSA) is 69.6 Å². The van der Waals surface area contributed by atoms with Gasteiger partial charge in [-0.25, -0.2) is 0 Å². The van der Waals surface area contributed by atoms with Crippen LogP contribution in [0.3, 0.4) is 0 Å². The number of rotatable bonds is 5. The van der Waals surface area contributed by atoms with Crippen molar-refractivity contribution in [3.05, 3.63) is 47.4 Å². The van der Waals surface area contributed by atoms with E-state index in [2.05, 4.69) is 44.0 Å². The zero-order valence-electron chi connectivity index (χ0n) is 12.8. The van der Waals surface area contributed by atoms with Crippen LogP contribution in [-0.4, -0.2) is 25.0 Å². The van der Waals surface area contributed by atoms with Gasteiger partial charge in [0.1, 0.15) is 5.82 Å². The van der Waals surface area contributed by atoms with Crippen LogP contribution in [0, 0.1) is 13.8 Å². The molecule has 0 atom stereocenters. The first-order valence-corrected chi connectivity index (χ1v) is 8.09. The zero-order valence-corrected chi connectivity index (χ0v) is 13.6. The Balaban J connectivity index is 1.85. The predicted molar refractivity (Wildman–Crippen MR) is 84.1 cm³/mol. The SMILES string of the molecule is CCc1nnc(CSc2nnc(C)n2-c2ccccc2C)o1. The van der Waals surface area contributed by atoms with Gasteiger partial charge in [0, 0.05) is 6.42 Å². The highest BCUT2D eigenvalue weighted by Gasteiger charge is 2.14. The summed E-state index contributed by atoms with van der Waals surface area (Å²) in [5.41, 5.74) is 2.27. The number of aromatic nitrogens is 5. The van der Waals surface area contributed by atoms with E-state index in [1.807, 2.05) is 26.0 Å². The van der Waals surface area contributed by atoms with Gasteiger partial charge in [0.2, 0.25) is 11.8 Å². The fraction of sp³-hybridized carbons (Fsp3) is 0.333. The lowest BCUT2D eigenvalue weighted by molar-refractivity contribution is 0.470. The summed E-state index contributed by atoms with van der Waals surface area (Å²) in [6.45, 7) is 6.02. The number of aryl methyl sites for hydroxylation is 3. The Morgan fingerprint density at radius 2 is 1.82 bits per heavy atom. The third-order valence-electron chi connectivity index (χ3n) is 3.29. The van der Waals surface area contributed by atoms with Crippen LogP contribution >= 0.6 is 11.8 Å². The van der Waals surface area contributed by atoms with E-state index in [1.54, 1.807) is 11.8 Å². The maximum absolute atomic E-state index is 5.53. The summed E-state index contributed by atoms with van der Waals surface area (Å²) in [4.78, 5) is 0. The van der Waals surface area contributed by atoms with Gasteiger partial charge in [-0.05, 0) is 25.5 Å². The van der Waals surface area contributed by atoms with E-state index in [1.165, 1.54) is 5.56 Å². The molecule has 0 amide bonds. The molecule has 0 N–H and O–H groups in total. The van der Waals surface area contributed by atoms with Gasteiger partial charge in [-0.15, -0.1) is 20.4 Å². The molecule has 0 fully saturated rings. The second kappa shape index (κ2) is 6.31. The van der Waals surface area contributed by atoms with E-state index in [9.17, 15) is 0 Å². The first kappa shape index (κ1) is 14.8. The molecule has 3 rings (SSSR count). The Morgan fingerprint density at radius 3 is 2.55 bits per heavy atom. The number of thioether (sulfide) groups is 1. The molecule has 0 bridgehead atoms. The van der Waals surface area contributed by atoms with E-state index in [4.69, 9.17) is 4.42 Å². The highest BCUT2D eigenvalue weighted by atomic mass is 32.2. The van der Waals surface area contributed by atoms with E-state index < -0.39 is 0 Å². The molecule has 3 aromatic rings. The highest BCUT2D eigenvalue weighted by Crippen LogP contribution is 2.26. The molecule has 7 heteroatoms. The van der Waals surface area contributed by atoms with Gasteiger partial charge in [0.25, 0.3) is 0 Å². The molecule has 0 unspecified atom stereocenters. The van der Waals surface area contributed by atoms with Crippen molar-refractivity contribution in [1.29, 1.82) is 0 Å². The Labute approximate surface area is 133 Å². The van der Waals surface area contributed by atoms with Crippen molar-refractivity contribution in [3.63, 3.8) is 0 Å². The van der Waals surface area contributed by atoms with Gasteiger partial charge in [-0.2, -0.15) is 0 Å². The van der Waals surface area contributed by atoms with Crippen LogP contribution in [0.5, 0.6) is 0 Å². The van der Waals surface area contributed by atoms with Crippen molar-refractivity contribution >= 4 is 11.8 Å². The molecule has 0 aliphatic heterocycles. The number of hydrogen-bond acceptors (Lipinski definition) is 6. The van der Waals surface area contributed by atoms with Gasteiger partial charge >= 0.3 is 0 Å². The van der Waals surface area contributed by atoms with E-state index in [-0.39, 0.29) is 0 Å². The molecule has 0 radical (unpaired) electrons. The van der Waals surface area contributed by atoms with Crippen LogP contribution in [0.15, 0.2) is 33.8 Å². The monoisotopic (exact) mass is 315 g/mol. The second-order valence-corrected chi connectivity index (χ2v) is 5.83. The minimum absolute atomic E-state index is 0.580. The molecule has 1 aromatic carbocycles. The minimum Gasteiger partial charge on any atom is -0.424 e. The van der Waals surface area contributed by atoms with Gasteiger partial charge in [-0.3, -0.25) is 4.57 Å². The molecule has 0 saturated heterocycles. The number of nitrogens with zero attached hydrogens (tertiary/aromatic N) is 5. The van der Waals surface area contributed by atoms with Gasteiger partial charge in [-0.1, -0.05) is 36.9 Å². The zero-order chi connectivity index (χ0) is 15.5. The first-order chi connectivity index (χ1) is 10.7. The molecule has 6 nitrogen and oxygen atoms in total. The smallest absolute Gasteiger partial charge is 0.226 e. The molecule has 0 spiro atoms. The third-order valence-corrected chi connectivity index (χ3v) is 4.20. The van der Waals surface area contributed by atoms with Crippen LogP contribution < -0.4 is 0 Å². The lowest BCUT2D eigenvalue weighted by Gasteiger charge is -2.10. The quantitative estimate of drug-likeness (QED) is 0.674. The van der Waals surface area contributed by atoms with E-state index in [0.29, 0.717) is 17.5 Å². The Morgan fingerprint density at radius 1 is 1.05 bits per heavy atom. The lowest BCUT2D eigenvalue weighted by atomic mass is 10.2. The molecule has 0 saturated carbocycles. The predicted octanol–water partition coefficient (Wildman–Crippen LogP) is 3.12. The summed E-state index contributed by atoms with van der Waals surface area (Å²) < 4.78 is 7.58. The molecule has 0 aliphatic carbocycles. The Kier molecular flexibility index (Phi) is 4.24. The largest absolute Gasteiger partial charge is 0.424 e. The number of benzene rings is 1. The van der Waals surface area contributed by atoms with E-state index >= 15 is 0 Å². The lowest BCUT2D eigenvalue weighted by Crippen LogP contribution is -2.01. The van der Waals surface area contributed by atoms with Gasteiger partial charge in [0.15, 0.2) is 5.16 Å². The van der Waals surface area contributed by atoms with Crippen molar-refractivity contribution in [2.24, 2.45) is 0 Å². The molecule has 2 heterocycles. The summed E-state index contributed by atoms with van der Waals surface area (Å²) in [6.07, 6.45) is 0.746. The fourth-order valence-electron chi connectivity index (χ4n) is 2.14. The summed E-state index contributed by atoms with van der Waals surface area (Å²) in [7, 11) is 0. The van der Waals surface area contributed by atoms with Crippen LogP contribution in [0.1, 0.15) is 30.1 Å². The van der Waals surface area contributed by atoms with Crippen LogP contribution in [-0.2, 0) is 12.2 Å². The standard InChI is InChI=1S/C15H17N5OS/c1-4-13-17-18-14(21-13)9-22-15-19-16-11(3)20(15)12-8-6-5-7-10(12)2/h5-8H,4,9H2,1-3H3. The summed E-state index contributed by atoms with van der Waals surface area (Å²) >= 11 is 1.54. The molecular weight excluding hydrogens is 298 g/mol. The number of hydrogen-bond donors (Lipinski definition) is 0. The Hall–Kier alpha value is -2.15. The van der Waals surface area contributed by atoms with Crippen molar-refractivity contribution in [3.8, 4) is 5.69 Å². The van der Waals surface area contributed by atoms with Crippen molar-refractivity contribution in [2.75, 3.05) is 0 Å². The first-order valence-electron chi connectivity index (χ1n) is 7.11. The molecule has 0 aliphatic rings. The third kappa shape index (κ3) is 2.89. The fourth-order valence-corrected chi connectivity index (χ4v) is 2.97. The number of para-hydroxylation sites is 1. The normalized spacial score (nSPS) is 11.0. The van der Waals surface area contributed by atoms with Crippen LogP contribution in [0.4, 0.5) is 0 Å². The Bertz CT molecular complexity index is 780. The van der Waals surface area contributed by atoms with Gasteiger partial charge < -0.3 is 4.42 Å². The average Bonchev–Trinajstić information content (AvgIpc) is 3.12. The maximum Gasteiger partial charge on any atom is 0.226 e. The molecule has 2 aromatic heterocycles. The average molecular weight is 315 g/mol. The van der Waals surface area contributed by atoms with E-state index in [0.717, 1.165) is 23.1 Å². The second-order valence-electron chi connectivity index (χ2n) is 4.88. The maximum atomic E-state index is 5.53. The van der Waals surface area contributed by atoms with Crippen molar-refractivity contribution in [2.45, 2.75) is 38.1 Å². The van der Waals surface area contributed by atoms with Crippen molar-refractivity contribution < 1.29 is 4.42 Å². The molecule has 114 valence electrons. The van der Waals surface area contributed by atoms with Crippen LogP contribution in [0.2, 0.25) is 0 Å². The molecule has 22 heavy (non-hydrogen) atoms. The summed E-state index contributed by atoms with van der Waals surface area (Å²) in [5.74, 6) is 2.71. The summed E-state index contributed by atoms with van der Waals surface area (Å²) in [5, 5.41) is 17.3.